The Labute approximate surface area is 219 Å². The number of rotatable bonds is 8. The summed E-state index contributed by atoms with van der Waals surface area (Å²) >= 11 is 1.27. The average molecular weight is 506 g/mol. The first kappa shape index (κ1) is 27.2. The van der Waals surface area contributed by atoms with Gasteiger partial charge in [-0.05, 0) is 92.3 Å². The maximum atomic E-state index is 12.2. The predicted octanol–water partition coefficient (Wildman–Crippen LogP) is 7.43. The minimum absolute atomic E-state index is 0.0132. The molecule has 6 atom stereocenters. The molecule has 0 spiro atoms. The van der Waals surface area contributed by atoms with Crippen molar-refractivity contribution in [3.8, 4) is 0 Å². The van der Waals surface area contributed by atoms with Gasteiger partial charge in [0.15, 0.2) is 0 Å². The van der Waals surface area contributed by atoms with Crippen LogP contribution in [0.5, 0.6) is 0 Å². The quantitative estimate of drug-likeness (QED) is 0.265. The highest BCUT2D eigenvalue weighted by Gasteiger charge is 2.59. The lowest BCUT2D eigenvalue weighted by molar-refractivity contribution is -0.0692. The van der Waals surface area contributed by atoms with Crippen LogP contribution in [0.25, 0.3) is 0 Å². The fraction of sp³-hybridized carbons (Fsp3) is 0.897. The maximum Gasteiger partial charge on any atom is 0.421 e. The number of nitrogens with two attached hydrogens (primary N) is 1. The Morgan fingerprint density at radius 3 is 2.66 bits per heavy atom. The summed E-state index contributed by atoms with van der Waals surface area (Å²) in [4.78, 5) is 12.2. The van der Waals surface area contributed by atoms with Gasteiger partial charge in [0.1, 0.15) is 0 Å². The summed E-state index contributed by atoms with van der Waals surface area (Å²) in [7, 11) is 0. The molecule has 0 aromatic rings. The van der Waals surface area contributed by atoms with Gasteiger partial charge >= 0.3 is 6.09 Å². The third-order valence-electron chi connectivity index (χ3n) is 11.2. The van der Waals surface area contributed by atoms with Gasteiger partial charge < -0.3 is 15.2 Å². The van der Waals surface area contributed by atoms with E-state index < -0.39 is 0 Å². The number of nitrogens with zero attached hydrogens (tertiary/aromatic N) is 1. The molecule has 1 heterocycles. The van der Waals surface area contributed by atoms with E-state index >= 15 is 0 Å². The summed E-state index contributed by atoms with van der Waals surface area (Å²) in [6.07, 6.45) is 16.2. The van der Waals surface area contributed by atoms with Crippen LogP contribution in [-0.4, -0.2) is 29.1 Å². The van der Waals surface area contributed by atoms with Crippen LogP contribution in [0.4, 0.5) is 4.79 Å². The van der Waals surface area contributed by atoms with E-state index in [2.05, 4.69) is 39.0 Å². The molecule has 3 unspecified atom stereocenters. The molecule has 3 aliphatic carbocycles. The number of carbonyl (C=O) groups is 1. The van der Waals surface area contributed by atoms with Crippen LogP contribution in [-0.2, 0) is 4.74 Å². The zero-order valence-corrected chi connectivity index (χ0v) is 23.7. The summed E-state index contributed by atoms with van der Waals surface area (Å²) in [5, 5.41) is 0. The predicted molar refractivity (Wildman–Crippen MR) is 146 cm³/mol. The number of carbonyl (C=O) groups excluding carboxylic acids is 1. The number of hydrogen-bond donors (Lipinski definition) is 2. The molecule has 0 aromatic carbocycles. The summed E-state index contributed by atoms with van der Waals surface area (Å²) in [5.74, 6) is 3.08. The van der Waals surface area contributed by atoms with Crippen molar-refractivity contribution in [2.75, 3.05) is 13.2 Å². The van der Waals surface area contributed by atoms with E-state index in [-0.39, 0.29) is 17.0 Å². The van der Waals surface area contributed by atoms with Gasteiger partial charge in [0.2, 0.25) is 0 Å². The molecule has 1 saturated heterocycles. The summed E-state index contributed by atoms with van der Waals surface area (Å²) in [6.45, 7) is 14.8. The number of hydrogen-bond acceptors (Lipinski definition) is 5. The first-order valence-corrected chi connectivity index (χ1v) is 15.3. The number of fused-ring (bicyclic) bond motifs is 1. The van der Waals surface area contributed by atoms with Crippen molar-refractivity contribution in [2.24, 2.45) is 40.2 Å². The van der Waals surface area contributed by atoms with Crippen LogP contribution >= 0.6 is 12.1 Å². The lowest BCUT2D eigenvalue weighted by atomic mass is 9.47. The number of amides is 1. The minimum atomic E-state index is -0.255. The average Bonchev–Trinajstić information content (AvgIpc) is 3.41. The zero-order valence-electron chi connectivity index (χ0n) is 22.9. The first-order chi connectivity index (χ1) is 16.7. The third-order valence-corrected chi connectivity index (χ3v) is 12.1. The van der Waals surface area contributed by atoms with Gasteiger partial charge in [0.05, 0.1) is 25.3 Å². The Hall–Kier alpha value is -0.880. The highest BCUT2D eigenvalue weighted by Crippen LogP contribution is 2.64. The second-order valence-corrected chi connectivity index (χ2v) is 13.6. The summed E-state index contributed by atoms with van der Waals surface area (Å²) in [6, 6.07) is 0. The van der Waals surface area contributed by atoms with Crippen molar-refractivity contribution in [1.82, 2.24) is 9.03 Å². The third kappa shape index (κ3) is 5.12. The zero-order chi connectivity index (χ0) is 25.3. The van der Waals surface area contributed by atoms with E-state index in [1.54, 1.807) is 4.31 Å². The lowest BCUT2D eigenvalue weighted by Gasteiger charge is -2.60. The molecule has 4 aliphatic rings. The fourth-order valence-corrected chi connectivity index (χ4v) is 9.43. The molecule has 5 nitrogen and oxygen atoms in total. The fourth-order valence-electron chi connectivity index (χ4n) is 8.78. The minimum Gasteiger partial charge on any atom is -0.449 e. The van der Waals surface area contributed by atoms with Gasteiger partial charge in [0.25, 0.3) is 0 Å². The Bertz CT molecular complexity index is 773. The van der Waals surface area contributed by atoms with E-state index in [4.69, 9.17) is 10.5 Å². The maximum absolute atomic E-state index is 12.2. The van der Waals surface area contributed by atoms with E-state index in [0.29, 0.717) is 18.6 Å². The summed E-state index contributed by atoms with van der Waals surface area (Å²) < 4.78 is 10.2. The molecule has 0 radical (unpaired) electrons. The van der Waals surface area contributed by atoms with Crippen molar-refractivity contribution in [2.45, 2.75) is 117 Å². The van der Waals surface area contributed by atoms with Crippen LogP contribution in [0, 0.1) is 34.5 Å². The molecule has 0 aromatic heterocycles. The first-order valence-electron chi connectivity index (χ1n) is 14.5. The molecule has 1 amide bonds. The molecule has 35 heavy (non-hydrogen) atoms. The SMILES string of the molecule is C=C1CN(C(=O)OCCCC2CCC3C[C@@](N)([C@@]4(C)CCCC[C@H]4C(CC)CC)CCC23C)SN1. The van der Waals surface area contributed by atoms with E-state index in [1.165, 1.54) is 82.8 Å². The van der Waals surface area contributed by atoms with Crippen molar-refractivity contribution in [1.29, 1.82) is 0 Å². The Balaban J connectivity index is 1.34. The topological polar surface area (TPSA) is 67.6 Å². The molecule has 0 bridgehead atoms. The van der Waals surface area contributed by atoms with Crippen LogP contribution < -0.4 is 10.5 Å². The van der Waals surface area contributed by atoms with Gasteiger partial charge in [-0.15, -0.1) is 0 Å². The van der Waals surface area contributed by atoms with Gasteiger partial charge in [-0.25, -0.2) is 9.10 Å². The van der Waals surface area contributed by atoms with Crippen molar-refractivity contribution < 1.29 is 9.53 Å². The monoisotopic (exact) mass is 505 g/mol. The largest absolute Gasteiger partial charge is 0.449 e. The molecule has 3 saturated carbocycles. The van der Waals surface area contributed by atoms with Crippen molar-refractivity contribution in [3.63, 3.8) is 0 Å². The molecule has 4 fully saturated rings. The highest BCUT2D eigenvalue weighted by molar-refractivity contribution is 7.96. The van der Waals surface area contributed by atoms with Gasteiger partial charge in [-0.2, -0.15) is 0 Å². The molecule has 3 N–H and O–H groups in total. The number of nitrogens with one attached hydrogen (secondary N) is 1. The second-order valence-electron chi connectivity index (χ2n) is 12.8. The van der Waals surface area contributed by atoms with Crippen LogP contribution in [0.3, 0.4) is 0 Å². The van der Waals surface area contributed by atoms with Gasteiger partial charge in [0, 0.05) is 11.2 Å². The smallest absolute Gasteiger partial charge is 0.421 e. The van der Waals surface area contributed by atoms with Gasteiger partial charge in [-0.1, -0.05) is 60.0 Å². The summed E-state index contributed by atoms with van der Waals surface area (Å²) in [5.41, 5.74) is 9.03. The van der Waals surface area contributed by atoms with Crippen LogP contribution in [0.15, 0.2) is 12.3 Å². The molecule has 6 heteroatoms. The standard InChI is InChI=1S/C29H51N3O2S/c1-6-22(7-2)25-12-8-9-15-28(25,5)29(30)17-16-27(4)23(13-14-24(27)19-29)11-10-18-34-26(33)32-20-21(3)31-35-32/h22-25,31H,3,6-20,30H2,1-2,4-5H3/t23?,24?,25-,27?,28-,29+/m0/s1. The molecule has 200 valence electrons. The van der Waals surface area contributed by atoms with Crippen LogP contribution in [0.2, 0.25) is 0 Å². The van der Waals surface area contributed by atoms with E-state index in [1.807, 2.05) is 0 Å². The lowest BCUT2D eigenvalue weighted by Crippen LogP contribution is -2.63. The van der Waals surface area contributed by atoms with E-state index in [9.17, 15) is 4.79 Å². The highest BCUT2D eigenvalue weighted by atomic mass is 32.2. The normalized spacial score (nSPS) is 39.5. The molecule has 4 rings (SSSR count). The molecule has 1 aliphatic heterocycles. The van der Waals surface area contributed by atoms with Gasteiger partial charge in [-0.3, -0.25) is 0 Å². The molecular weight excluding hydrogens is 454 g/mol. The Kier molecular flexibility index (Phi) is 8.42. The van der Waals surface area contributed by atoms with E-state index in [0.717, 1.165) is 42.2 Å². The number of ether oxygens (including phenoxy) is 1. The van der Waals surface area contributed by atoms with Crippen molar-refractivity contribution in [3.05, 3.63) is 12.3 Å². The Morgan fingerprint density at radius 2 is 1.97 bits per heavy atom. The Morgan fingerprint density at radius 1 is 1.20 bits per heavy atom. The second kappa shape index (κ2) is 10.8. The van der Waals surface area contributed by atoms with Crippen LogP contribution in [0.1, 0.15) is 111 Å². The molecular formula is C29H51N3O2S. The van der Waals surface area contributed by atoms with Crippen molar-refractivity contribution >= 4 is 18.2 Å².